The summed E-state index contributed by atoms with van der Waals surface area (Å²) in [5, 5.41) is 8.87. The number of rotatable bonds is 7. The predicted octanol–water partition coefficient (Wildman–Crippen LogP) is 4.42. The Morgan fingerprint density at radius 3 is 2.07 bits per heavy atom. The van der Waals surface area contributed by atoms with Gasteiger partial charge < -0.3 is 20.4 Å². The summed E-state index contributed by atoms with van der Waals surface area (Å²) in [7, 11) is 0. The van der Waals surface area contributed by atoms with Crippen molar-refractivity contribution in [2.75, 3.05) is 10.6 Å². The molecule has 0 aliphatic carbocycles. The topological polar surface area (TPSA) is 83.4 Å². The molecule has 28 heavy (non-hydrogen) atoms. The Morgan fingerprint density at radius 1 is 0.821 bits per heavy atom. The van der Waals surface area contributed by atoms with Crippen molar-refractivity contribution in [3.63, 3.8) is 0 Å². The van der Waals surface area contributed by atoms with Crippen molar-refractivity contribution in [2.45, 2.75) is 19.9 Å². The lowest BCUT2D eigenvalue weighted by atomic mass is 10.0. The van der Waals surface area contributed by atoms with Crippen LogP contribution in [-0.2, 0) is 4.79 Å². The lowest BCUT2D eigenvalue weighted by Gasteiger charge is -2.21. The van der Waals surface area contributed by atoms with E-state index < -0.39 is 11.9 Å². The van der Waals surface area contributed by atoms with Gasteiger partial charge >= 0.3 is 0 Å². The van der Waals surface area contributed by atoms with Crippen molar-refractivity contribution in [3.05, 3.63) is 78.8 Å². The number of anilines is 3. The molecule has 3 aromatic rings. The van der Waals surface area contributed by atoms with Crippen LogP contribution in [0, 0.1) is 5.92 Å². The molecule has 0 bridgehead atoms. The first-order valence-corrected chi connectivity index (χ1v) is 9.10. The van der Waals surface area contributed by atoms with Gasteiger partial charge in [0, 0.05) is 17.1 Å². The van der Waals surface area contributed by atoms with Gasteiger partial charge in [-0.2, -0.15) is 0 Å². The van der Waals surface area contributed by atoms with Crippen molar-refractivity contribution in [2.24, 2.45) is 5.92 Å². The van der Waals surface area contributed by atoms with E-state index in [2.05, 4.69) is 16.0 Å². The third kappa shape index (κ3) is 5.01. The highest BCUT2D eigenvalue weighted by atomic mass is 16.3. The first-order valence-electron chi connectivity index (χ1n) is 9.10. The Hall–Kier alpha value is -3.54. The minimum absolute atomic E-state index is 0.0852. The molecule has 0 saturated carbocycles. The number of carbonyl (C=O) groups is 2. The molecule has 6 nitrogen and oxygen atoms in total. The number of hydrogen-bond acceptors (Lipinski definition) is 4. The van der Waals surface area contributed by atoms with Crippen LogP contribution in [0.25, 0.3) is 0 Å². The van der Waals surface area contributed by atoms with Gasteiger partial charge in [-0.15, -0.1) is 0 Å². The highest BCUT2D eigenvalue weighted by Crippen LogP contribution is 2.19. The number of amides is 2. The summed E-state index contributed by atoms with van der Waals surface area (Å²) in [6.45, 7) is 3.75. The average molecular weight is 377 g/mol. The maximum absolute atomic E-state index is 12.7. The third-order valence-electron chi connectivity index (χ3n) is 4.20. The second-order valence-corrected chi connectivity index (χ2v) is 6.73. The first-order chi connectivity index (χ1) is 13.5. The minimum atomic E-state index is -0.681. The third-order valence-corrected chi connectivity index (χ3v) is 4.20. The summed E-state index contributed by atoms with van der Waals surface area (Å²) in [5.41, 5.74) is 2.55. The van der Waals surface area contributed by atoms with Gasteiger partial charge in [-0.05, 0) is 54.4 Å². The van der Waals surface area contributed by atoms with Crippen molar-refractivity contribution >= 4 is 28.9 Å². The molecule has 2 amide bonds. The second kappa shape index (κ2) is 8.90. The van der Waals surface area contributed by atoms with E-state index in [-0.39, 0.29) is 17.6 Å². The number of furan rings is 1. The predicted molar refractivity (Wildman–Crippen MR) is 110 cm³/mol. The molecular formula is C22H23N3O3. The first kappa shape index (κ1) is 19.2. The average Bonchev–Trinajstić information content (AvgIpc) is 3.23. The summed E-state index contributed by atoms with van der Waals surface area (Å²) in [6.07, 6.45) is 1.42. The quantitative estimate of drug-likeness (QED) is 0.569. The van der Waals surface area contributed by atoms with E-state index in [1.54, 1.807) is 12.1 Å². The number of hydrogen-bond donors (Lipinski definition) is 3. The number of para-hydroxylation sites is 1. The Balaban J connectivity index is 1.62. The van der Waals surface area contributed by atoms with Crippen LogP contribution in [-0.4, -0.2) is 17.9 Å². The molecule has 0 fully saturated rings. The number of benzene rings is 2. The van der Waals surface area contributed by atoms with Gasteiger partial charge in [0.1, 0.15) is 6.04 Å². The van der Waals surface area contributed by atoms with E-state index in [1.807, 2.05) is 68.4 Å². The summed E-state index contributed by atoms with van der Waals surface area (Å²) < 4.78 is 5.09. The molecule has 144 valence electrons. The summed E-state index contributed by atoms with van der Waals surface area (Å²) in [4.78, 5) is 24.9. The van der Waals surface area contributed by atoms with Crippen molar-refractivity contribution < 1.29 is 14.0 Å². The molecule has 0 aliphatic rings. The zero-order valence-corrected chi connectivity index (χ0v) is 15.8. The van der Waals surface area contributed by atoms with Crippen LogP contribution < -0.4 is 16.0 Å². The lowest BCUT2D eigenvalue weighted by molar-refractivity contribution is -0.118. The normalized spacial score (nSPS) is 11.7. The molecule has 6 heteroatoms. The summed E-state index contributed by atoms with van der Waals surface area (Å²) >= 11 is 0. The fourth-order valence-electron chi connectivity index (χ4n) is 2.70. The molecule has 1 heterocycles. The van der Waals surface area contributed by atoms with E-state index in [9.17, 15) is 9.59 Å². The van der Waals surface area contributed by atoms with Gasteiger partial charge in [-0.3, -0.25) is 9.59 Å². The molecule has 2 aromatic carbocycles. The number of carbonyl (C=O) groups excluding carboxylic acids is 2. The van der Waals surface area contributed by atoms with Crippen LogP contribution in [0.2, 0.25) is 0 Å². The molecule has 1 aromatic heterocycles. The Labute approximate surface area is 164 Å². The fraction of sp³-hybridized carbons (Fsp3) is 0.182. The highest BCUT2D eigenvalue weighted by Gasteiger charge is 2.25. The van der Waals surface area contributed by atoms with E-state index in [1.165, 1.54) is 6.26 Å². The maximum Gasteiger partial charge on any atom is 0.287 e. The smallest absolute Gasteiger partial charge is 0.287 e. The molecule has 1 atom stereocenters. The molecule has 0 aliphatic heterocycles. The fourth-order valence-corrected chi connectivity index (χ4v) is 2.70. The second-order valence-electron chi connectivity index (χ2n) is 6.73. The van der Waals surface area contributed by atoms with Crippen LogP contribution in [0.5, 0.6) is 0 Å². The molecule has 3 rings (SSSR count). The molecular weight excluding hydrogens is 354 g/mol. The zero-order valence-electron chi connectivity index (χ0n) is 15.8. The largest absolute Gasteiger partial charge is 0.459 e. The molecule has 3 N–H and O–H groups in total. The van der Waals surface area contributed by atoms with E-state index >= 15 is 0 Å². The lowest BCUT2D eigenvalue weighted by Crippen LogP contribution is -2.47. The molecule has 0 spiro atoms. The summed E-state index contributed by atoms with van der Waals surface area (Å²) in [5.74, 6) is -0.604. The van der Waals surface area contributed by atoms with Gasteiger partial charge in [-0.1, -0.05) is 32.0 Å². The summed E-state index contributed by atoms with van der Waals surface area (Å²) in [6, 6.07) is 19.7. The van der Waals surface area contributed by atoms with Crippen molar-refractivity contribution in [1.29, 1.82) is 0 Å². The Bertz CT molecular complexity index is 904. The standard InChI is InChI=1S/C22H23N3O3/c1-15(2)20(25-21(26)19-9-6-14-28-19)22(27)24-18-12-10-17(11-13-18)23-16-7-4-3-5-8-16/h3-15,20,23H,1-2H3,(H,24,27)(H,25,26). The van der Waals surface area contributed by atoms with Gasteiger partial charge in [0.15, 0.2) is 5.76 Å². The van der Waals surface area contributed by atoms with E-state index in [4.69, 9.17) is 4.42 Å². The number of nitrogens with one attached hydrogen (secondary N) is 3. The van der Waals surface area contributed by atoms with Gasteiger partial charge in [0.2, 0.25) is 5.91 Å². The van der Waals surface area contributed by atoms with Crippen LogP contribution in [0.4, 0.5) is 17.1 Å². The van der Waals surface area contributed by atoms with Crippen LogP contribution in [0.1, 0.15) is 24.4 Å². The van der Waals surface area contributed by atoms with Gasteiger partial charge in [0.05, 0.1) is 6.26 Å². The van der Waals surface area contributed by atoms with E-state index in [0.29, 0.717) is 5.69 Å². The van der Waals surface area contributed by atoms with Gasteiger partial charge in [0.25, 0.3) is 5.91 Å². The molecule has 0 saturated heterocycles. The maximum atomic E-state index is 12.7. The zero-order chi connectivity index (χ0) is 19.9. The Kier molecular flexibility index (Phi) is 6.11. The van der Waals surface area contributed by atoms with Crippen LogP contribution in [0.3, 0.4) is 0 Å². The van der Waals surface area contributed by atoms with Crippen molar-refractivity contribution in [1.82, 2.24) is 5.32 Å². The van der Waals surface area contributed by atoms with Crippen LogP contribution >= 0.6 is 0 Å². The monoisotopic (exact) mass is 377 g/mol. The minimum Gasteiger partial charge on any atom is -0.459 e. The van der Waals surface area contributed by atoms with Gasteiger partial charge in [-0.25, -0.2) is 0 Å². The van der Waals surface area contributed by atoms with E-state index in [0.717, 1.165) is 11.4 Å². The molecule has 1 unspecified atom stereocenters. The Morgan fingerprint density at radius 2 is 1.46 bits per heavy atom. The highest BCUT2D eigenvalue weighted by molar-refractivity contribution is 6.00. The van der Waals surface area contributed by atoms with Crippen molar-refractivity contribution in [3.8, 4) is 0 Å². The molecule has 0 radical (unpaired) electrons. The van der Waals surface area contributed by atoms with Crippen LogP contribution in [0.15, 0.2) is 77.4 Å². The SMILES string of the molecule is CC(C)C(NC(=O)c1ccco1)C(=O)Nc1ccc(Nc2ccccc2)cc1.